The highest BCUT2D eigenvalue weighted by Crippen LogP contribution is 2.18. The lowest BCUT2D eigenvalue weighted by Gasteiger charge is -2.07. The Balaban J connectivity index is 1.88. The summed E-state index contributed by atoms with van der Waals surface area (Å²) in [5, 5.41) is 2.67. The first-order valence-corrected chi connectivity index (χ1v) is 8.82. The van der Waals surface area contributed by atoms with Crippen LogP contribution in [0.4, 0.5) is 0 Å². The maximum atomic E-state index is 12.1. The highest BCUT2D eigenvalue weighted by Gasteiger charge is 2.14. The molecule has 2 rings (SSSR count). The number of benzene rings is 1. The van der Waals surface area contributed by atoms with E-state index in [4.69, 9.17) is 4.74 Å². The summed E-state index contributed by atoms with van der Waals surface area (Å²) in [6.07, 6.45) is 0. The van der Waals surface area contributed by atoms with Gasteiger partial charge in [-0.1, -0.05) is 26.0 Å². The lowest BCUT2D eigenvalue weighted by Crippen LogP contribution is -2.18. The van der Waals surface area contributed by atoms with E-state index in [0.717, 1.165) is 10.4 Å². The van der Waals surface area contributed by atoms with E-state index in [9.17, 15) is 14.4 Å². The summed E-state index contributed by atoms with van der Waals surface area (Å²) in [5.74, 6) is -0.513. The van der Waals surface area contributed by atoms with Crippen LogP contribution in [0.5, 0.6) is 0 Å². The van der Waals surface area contributed by atoms with Crippen LogP contribution in [0.15, 0.2) is 36.4 Å². The molecule has 0 radical (unpaired) electrons. The molecule has 2 aromatic rings. The van der Waals surface area contributed by atoms with Gasteiger partial charge in [-0.3, -0.25) is 9.59 Å². The van der Waals surface area contributed by atoms with Crippen LogP contribution in [-0.4, -0.2) is 24.3 Å². The fourth-order valence-electron chi connectivity index (χ4n) is 2.12. The normalized spacial score (nSPS) is 10.6. The Bertz CT molecular complexity index is 762. The molecule has 0 unspecified atom stereocenters. The van der Waals surface area contributed by atoms with Crippen molar-refractivity contribution in [2.45, 2.75) is 33.2 Å². The minimum atomic E-state index is -0.515. The van der Waals surface area contributed by atoms with Crippen molar-refractivity contribution in [2.24, 2.45) is 0 Å². The Morgan fingerprint density at radius 3 is 2.36 bits per heavy atom. The molecule has 132 valence electrons. The van der Waals surface area contributed by atoms with Gasteiger partial charge in [-0.05, 0) is 35.7 Å². The zero-order chi connectivity index (χ0) is 18.4. The standard InChI is InChI=1S/C19H21NO4S/c1-12(2)14-4-6-15(7-5-14)19(23)24-11-17(22)18-9-8-16(25-18)10-20-13(3)21/h4-9,12H,10-11H2,1-3H3,(H,20,21). The first-order chi connectivity index (χ1) is 11.9. The van der Waals surface area contributed by atoms with Gasteiger partial charge in [0.15, 0.2) is 6.61 Å². The van der Waals surface area contributed by atoms with Gasteiger partial charge in [0.25, 0.3) is 0 Å². The van der Waals surface area contributed by atoms with Gasteiger partial charge < -0.3 is 10.1 Å². The third-order valence-electron chi connectivity index (χ3n) is 3.60. The van der Waals surface area contributed by atoms with E-state index in [-0.39, 0.29) is 18.3 Å². The molecule has 6 heteroatoms. The lowest BCUT2D eigenvalue weighted by atomic mass is 10.0. The Labute approximate surface area is 151 Å². The smallest absolute Gasteiger partial charge is 0.338 e. The van der Waals surface area contributed by atoms with E-state index in [2.05, 4.69) is 19.2 Å². The van der Waals surface area contributed by atoms with Crippen molar-refractivity contribution in [3.05, 3.63) is 57.3 Å². The van der Waals surface area contributed by atoms with Crippen LogP contribution in [0, 0.1) is 0 Å². The van der Waals surface area contributed by atoms with Crippen molar-refractivity contribution >= 4 is 29.0 Å². The van der Waals surface area contributed by atoms with E-state index in [1.54, 1.807) is 24.3 Å². The van der Waals surface area contributed by atoms with E-state index < -0.39 is 5.97 Å². The number of Topliss-reactive ketones (excluding diaryl/α,β-unsaturated/α-hetero) is 1. The number of hydrogen-bond acceptors (Lipinski definition) is 5. The van der Waals surface area contributed by atoms with Crippen molar-refractivity contribution in [3.63, 3.8) is 0 Å². The summed E-state index contributed by atoms with van der Waals surface area (Å²) in [6, 6.07) is 10.6. The van der Waals surface area contributed by atoms with Crippen molar-refractivity contribution in [1.82, 2.24) is 5.32 Å². The van der Waals surface area contributed by atoms with Crippen molar-refractivity contribution in [3.8, 4) is 0 Å². The first kappa shape index (κ1) is 18.9. The Morgan fingerprint density at radius 2 is 1.76 bits per heavy atom. The second-order valence-electron chi connectivity index (χ2n) is 5.95. The maximum absolute atomic E-state index is 12.1. The number of ketones is 1. The molecular weight excluding hydrogens is 338 g/mol. The van der Waals surface area contributed by atoms with Crippen LogP contribution in [0.3, 0.4) is 0 Å². The highest BCUT2D eigenvalue weighted by atomic mass is 32.1. The number of amides is 1. The van der Waals surface area contributed by atoms with Crippen LogP contribution in [0.2, 0.25) is 0 Å². The zero-order valence-corrected chi connectivity index (χ0v) is 15.3. The van der Waals surface area contributed by atoms with Crippen LogP contribution >= 0.6 is 11.3 Å². The van der Waals surface area contributed by atoms with E-state index in [1.807, 2.05) is 12.1 Å². The molecule has 1 N–H and O–H groups in total. The minimum absolute atomic E-state index is 0.126. The molecule has 0 saturated heterocycles. The second-order valence-corrected chi connectivity index (χ2v) is 7.12. The van der Waals surface area contributed by atoms with Crippen LogP contribution in [0.25, 0.3) is 0 Å². The Morgan fingerprint density at radius 1 is 1.08 bits per heavy atom. The summed E-state index contributed by atoms with van der Waals surface area (Å²) in [5.41, 5.74) is 1.56. The fourth-order valence-corrected chi connectivity index (χ4v) is 3.00. The third-order valence-corrected chi connectivity index (χ3v) is 4.72. The summed E-state index contributed by atoms with van der Waals surface area (Å²) >= 11 is 1.28. The molecule has 1 heterocycles. The SMILES string of the molecule is CC(=O)NCc1ccc(C(=O)COC(=O)c2ccc(C(C)C)cc2)s1. The van der Waals surface area contributed by atoms with Gasteiger partial charge in [-0.15, -0.1) is 11.3 Å². The zero-order valence-electron chi connectivity index (χ0n) is 14.5. The molecule has 25 heavy (non-hydrogen) atoms. The number of thiophene rings is 1. The number of esters is 1. The van der Waals surface area contributed by atoms with E-state index in [0.29, 0.717) is 22.9 Å². The molecule has 0 aliphatic carbocycles. The van der Waals surface area contributed by atoms with Gasteiger partial charge in [0.05, 0.1) is 17.0 Å². The molecule has 5 nitrogen and oxygen atoms in total. The highest BCUT2D eigenvalue weighted by molar-refractivity contribution is 7.14. The molecule has 1 amide bonds. The van der Waals surface area contributed by atoms with Crippen LogP contribution < -0.4 is 5.32 Å². The third kappa shape index (κ3) is 5.53. The lowest BCUT2D eigenvalue weighted by molar-refractivity contribution is -0.119. The number of ether oxygens (including phenoxy) is 1. The average Bonchev–Trinajstić information content (AvgIpc) is 3.06. The van der Waals surface area contributed by atoms with Gasteiger partial charge >= 0.3 is 5.97 Å². The molecule has 1 aromatic carbocycles. The van der Waals surface area contributed by atoms with Crippen molar-refractivity contribution in [2.75, 3.05) is 6.61 Å². The fraction of sp³-hybridized carbons (Fsp3) is 0.316. The number of carbonyl (C=O) groups excluding carboxylic acids is 3. The van der Waals surface area contributed by atoms with Crippen molar-refractivity contribution < 1.29 is 19.1 Å². The largest absolute Gasteiger partial charge is 0.454 e. The molecule has 0 bridgehead atoms. The number of carbonyl (C=O) groups is 3. The Hall–Kier alpha value is -2.47. The molecule has 1 aromatic heterocycles. The molecule has 0 aliphatic rings. The quantitative estimate of drug-likeness (QED) is 0.606. The molecule has 0 aliphatic heterocycles. The van der Waals surface area contributed by atoms with Gasteiger partial charge in [0.1, 0.15) is 0 Å². The second kappa shape index (κ2) is 8.58. The average molecular weight is 359 g/mol. The number of hydrogen-bond donors (Lipinski definition) is 1. The first-order valence-electron chi connectivity index (χ1n) is 8.00. The molecule has 0 atom stereocenters. The van der Waals surface area contributed by atoms with E-state index >= 15 is 0 Å². The van der Waals surface area contributed by atoms with Crippen LogP contribution in [-0.2, 0) is 16.1 Å². The molecule has 0 fully saturated rings. The number of nitrogens with one attached hydrogen (secondary N) is 1. The predicted molar refractivity (Wildman–Crippen MR) is 97.0 cm³/mol. The summed E-state index contributed by atoms with van der Waals surface area (Å²) in [7, 11) is 0. The van der Waals surface area contributed by atoms with Crippen LogP contribution in [0.1, 0.15) is 57.2 Å². The molecule has 0 saturated carbocycles. The van der Waals surface area contributed by atoms with E-state index in [1.165, 1.54) is 18.3 Å². The van der Waals surface area contributed by atoms with Gasteiger partial charge in [0.2, 0.25) is 11.7 Å². The summed E-state index contributed by atoms with van der Waals surface area (Å²) in [6.45, 7) is 5.67. The summed E-state index contributed by atoms with van der Waals surface area (Å²) in [4.78, 5) is 36.4. The van der Waals surface area contributed by atoms with Crippen molar-refractivity contribution in [1.29, 1.82) is 0 Å². The van der Waals surface area contributed by atoms with Gasteiger partial charge in [-0.2, -0.15) is 0 Å². The topological polar surface area (TPSA) is 72.5 Å². The minimum Gasteiger partial charge on any atom is -0.454 e. The van der Waals surface area contributed by atoms with Gasteiger partial charge in [0, 0.05) is 11.8 Å². The monoisotopic (exact) mass is 359 g/mol. The summed E-state index contributed by atoms with van der Waals surface area (Å²) < 4.78 is 5.10. The molecule has 0 spiro atoms. The number of rotatable bonds is 7. The van der Waals surface area contributed by atoms with Gasteiger partial charge in [-0.25, -0.2) is 4.79 Å². The maximum Gasteiger partial charge on any atom is 0.338 e. The molecular formula is C19H21NO4S. The Kier molecular flexibility index (Phi) is 6.47. The predicted octanol–water partition coefficient (Wildman–Crippen LogP) is 3.55.